The Morgan fingerprint density at radius 3 is 2.68 bits per heavy atom. The van der Waals surface area contributed by atoms with Crippen LogP contribution >= 0.6 is 0 Å². The van der Waals surface area contributed by atoms with E-state index in [1.165, 1.54) is 5.56 Å². The first-order chi connectivity index (χ1) is 12.1. The fourth-order valence-electron chi connectivity index (χ4n) is 2.96. The van der Waals surface area contributed by atoms with Gasteiger partial charge >= 0.3 is 0 Å². The maximum atomic E-state index is 12.4. The number of rotatable bonds is 5. The van der Waals surface area contributed by atoms with Gasteiger partial charge in [0, 0.05) is 18.7 Å². The molecule has 25 heavy (non-hydrogen) atoms. The molecule has 1 aliphatic heterocycles. The van der Waals surface area contributed by atoms with Gasteiger partial charge in [-0.3, -0.25) is 14.2 Å². The van der Waals surface area contributed by atoms with Gasteiger partial charge in [-0.25, -0.2) is 4.98 Å². The largest absolute Gasteiger partial charge is 0.484 e. The summed E-state index contributed by atoms with van der Waals surface area (Å²) in [6.07, 6.45) is 3.07. The second kappa shape index (κ2) is 7.51. The van der Waals surface area contributed by atoms with E-state index in [9.17, 15) is 9.59 Å². The summed E-state index contributed by atoms with van der Waals surface area (Å²) in [6, 6.07) is 7.76. The van der Waals surface area contributed by atoms with Crippen molar-refractivity contribution in [3.8, 4) is 5.75 Å². The van der Waals surface area contributed by atoms with Gasteiger partial charge in [-0.05, 0) is 37.5 Å². The molecule has 1 amide bonds. The van der Waals surface area contributed by atoms with Crippen LogP contribution in [0.3, 0.4) is 0 Å². The van der Waals surface area contributed by atoms with Gasteiger partial charge in [-0.2, -0.15) is 0 Å². The molecule has 6 heteroatoms. The molecule has 0 atom stereocenters. The van der Waals surface area contributed by atoms with E-state index in [0.29, 0.717) is 37.5 Å². The van der Waals surface area contributed by atoms with E-state index in [-0.39, 0.29) is 18.1 Å². The van der Waals surface area contributed by atoms with Crippen molar-refractivity contribution < 1.29 is 9.53 Å². The third kappa shape index (κ3) is 3.73. The summed E-state index contributed by atoms with van der Waals surface area (Å²) in [6.45, 7) is 5.50. The first-order valence-corrected chi connectivity index (χ1v) is 8.69. The SMILES string of the molecule is CCc1ccc(OCC(=O)N2CCc3c(ncn(CC)c3=O)C2)cc1. The fourth-order valence-corrected chi connectivity index (χ4v) is 2.96. The molecule has 0 fully saturated rings. The van der Waals surface area contributed by atoms with Crippen molar-refractivity contribution in [2.75, 3.05) is 13.2 Å². The lowest BCUT2D eigenvalue weighted by atomic mass is 10.1. The molecule has 0 N–H and O–H groups in total. The minimum Gasteiger partial charge on any atom is -0.484 e. The Morgan fingerprint density at radius 2 is 2.00 bits per heavy atom. The number of carbonyl (C=O) groups excluding carboxylic acids is 1. The number of benzene rings is 1. The highest BCUT2D eigenvalue weighted by atomic mass is 16.5. The average Bonchev–Trinajstić information content (AvgIpc) is 2.66. The van der Waals surface area contributed by atoms with E-state index in [4.69, 9.17) is 4.74 Å². The van der Waals surface area contributed by atoms with Crippen molar-refractivity contribution >= 4 is 5.91 Å². The molecule has 0 aliphatic carbocycles. The van der Waals surface area contributed by atoms with Crippen LogP contribution in [-0.2, 0) is 30.7 Å². The molecule has 3 rings (SSSR count). The summed E-state index contributed by atoms with van der Waals surface area (Å²) >= 11 is 0. The zero-order valence-corrected chi connectivity index (χ0v) is 14.7. The molecule has 6 nitrogen and oxygen atoms in total. The van der Waals surface area contributed by atoms with Crippen LogP contribution in [0.4, 0.5) is 0 Å². The van der Waals surface area contributed by atoms with Crippen molar-refractivity contribution in [3.63, 3.8) is 0 Å². The van der Waals surface area contributed by atoms with Crippen molar-refractivity contribution in [1.29, 1.82) is 0 Å². The summed E-state index contributed by atoms with van der Waals surface area (Å²) in [4.78, 5) is 30.7. The predicted molar refractivity (Wildman–Crippen MR) is 94.6 cm³/mol. The van der Waals surface area contributed by atoms with Gasteiger partial charge in [0.25, 0.3) is 11.5 Å². The molecule has 0 saturated heterocycles. The Bertz CT molecular complexity index is 812. The second-order valence-electron chi connectivity index (χ2n) is 6.11. The number of ether oxygens (including phenoxy) is 1. The van der Waals surface area contributed by atoms with Crippen molar-refractivity contribution in [1.82, 2.24) is 14.5 Å². The molecular formula is C19H23N3O3. The first kappa shape index (κ1) is 17.2. The number of hydrogen-bond donors (Lipinski definition) is 0. The third-order valence-corrected chi connectivity index (χ3v) is 4.58. The van der Waals surface area contributed by atoms with Gasteiger partial charge in [0.2, 0.25) is 0 Å². The Balaban J connectivity index is 1.62. The summed E-state index contributed by atoms with van der Waals surface area (Å²) < 4.78 is 7.19. The average molecular weight is 341 g/mol. The lowest BCUT2D eigenvalue weighted by Crippen LogP contribution is -2.42. The van der Waals surface area contributed by atoms with Crippen molar-refractivity contribution in [2.45, 2.75) is 39.8 Å². The topological polar surface area (TPSA) is 64.4 Å². The highest BCUT2D eigenvalue weighted by Crippen LogP contribution is 2.15. The number of amides is 1. The van der Waals surface area contributed by atoms with Gasteiger partial charge in [0.05, 0.1) is 18.6 Å². The number of carbonyl (C=O) groups is 1. The molecule has 0 saturated carbocycles. The number of fused-ring (bicyclic) bond motifs is 1. The van der Waals surface area contributed by atoms with Gasteiger partial charge in [-0.15, -0.1) is 0 Å². The smallest absolute Gasteiger partial charge is 0.260 e. The number of aromatic nitrogens is 2. The van der Waals surface area contributed by atoms with Crippen LogP contribution in [0, 0.1) is 0 Å². The molecule has 0 bridgehead atoms. The summed E-state index contributed by atoms with van der Waals surface area (Å²) in [5.74, 6) is 0.596. The molecule has 0 radical (unpaired) electrons. The Hall–Kier alpha value is -2.63. The summed E-state index contributed by atoms with van der Waals surface area (Å²) in [5.41, 5.74) is 2.66. The monoisotopic (exact) mass is 341 g/mol. The van der Waals surface area contributed by atoms with Gasteiger partial charge in [0.15, 0.2) is 6.61 Å². The van der Waals surface area contributed by atoms with Crippen LogP contribution in [0.2, 0.25) is 0 Å². The van der Waals surface area contributed by atoms with Crippen LogP contribution in [0.25, 0.3) is 0 Å². The fraction of sp³-hybridized carbons (Fsp3) is 0.421. The second-order valence-corrected chi connectivity index (χ2v) is 6.11. The van der Waals surface area contributed by atoms with E-state index >= 15 is 0 Å². The molecule has 2 aromatic rings. The number of hydrogen-bond acceptors (Lipinski definition) is 4. The van der Waals surface area contributed by atoms with Gasteiger partial charge in [-0.1, -0.05) is 19.1 Å². The maximum Gasteiger partial charge on any atom is 0.260 e. The van der Waals surface area contributed by atoms with Crippen LogP contribution < -0.4 is 10.3 Å². The predicted octanol–water partition coefficient (Wildman–Crippen LogP) is 1.79. The van der Waals surface area contributed by atoms with Crippen molar-refractivity contribution in [2.24, 2.45) is 0 Å². The molecule has 1 aromatic heterocycles. The van der Waals surface area contributed by atoms with Crippen LogP contribution in [0.5, 0.6) is 5.75 Å². The normalized spacial score (nSPS) is 13.4. The van der Waals surface area contributed by atoms with E-state index < -0.39 is 0 Å². The quantitative estimate of drug-likeness (QED) is 0.832. The Labute approximate surface area is 147 Å². The molecule has 132 valence electrons. The van der Waals surface area contributed by atoms with Crippen LogP contribution in [-0.4, -0.2) is 33.5 Å². The van der Waals surface area contributed by atoms with Gasteiger partial charge < -0.3 is 9.64 Å². The highest BCUT2D eigenvalue weighted by molar-refractivity contribution is 5.78. The summed E-state index contributed by atoms with van der Waals surface area (Å²) in [5, 5.41) is 0. The Morgan fingerprint density at radius 1 is 1.24 bits per heavy atom. The molecular weight excluding hydrogens is 318 g/mol. The van der Waals surface area contributed by atoms with E-state index in [2.05, 4.69) is 11.9 Å². The molecule has 0 unspecified atom stereocenters. The molecule has 1 aliphatic rings. The molecule has 2 heterocycles. The van der Waals surface area contributed by atoms with Crippen LogP contribution in [0.1, 0.15) is 30.7 Å². The van der Waals surface area contributed by atoms with E-state index in [1.807, 2.05) is 31.2 Å². The molecule has 1 aromatic carbocycles. The highest BCUT2D eigenvalue weighted by Gasteiger charge is 2.24. The molecule has 0 spiro atoms. The minimum absolute atomic E-state index is 0.00635. The van der Waals surface area contributed by atoms with E-state index in [1.54, 1.807) is 15.8 Å². The third-order valence-electron chi connectivity index (χ3n) is 4.58. The first-order valence-electron chi connectivity index (χ1n) is 8.69. The maximum absolute atomic E-state index is 12.4. The summed E-state index contributed by atoms with van der Waals surface area (Å²) in [7, 11) is 0. The lowest BCUT2D eigenvalue weighted by molar-refractivity contribution is -0.134. The standard InChI is InChI=1S/C19H23N3O3/c1-3-14-5-7-15(8-6-14)25-12-18(23)22-10-9-16-17(11-22)20-13-21(4-2)19(16)24/h5-8,13H,3-4,9-12H2,1-2H3. The van der Waals surface area contributed by atoms with Crippen molar-refractivity contribution in [3.05, 3.63) is 57.8 Å². The zero-order valence-electron chi connectivity index (χ0n) is 14.7. The number of aryl methyl sites for hydroxylation is 2. The van der Waals surface area contributed by atoms with E-state index in [0.717, 1.165) is 12.0 Å². The minimum atomic E-state index is -0.0910. The van der Waals surface area contributed by atoms with Gasteiger partial charge in [0.1, 0.15) is 5.75 Å². The Kier molecular flexibility index (Phi) is 5.16. The lowest BCUT2D eigenvalue weighted by Gasteiger charge is -2.28. The van der Waals surface area contributed by atoms with Crippen LogP contribution in [0.15, 0.2) is 35.4 Å². The number of nitrogens with zero attached hydrogens (tertiary/aromatic N) is 3. The zero-order chi connectivity index (χ0) is 17.8.